The predicted molar refractivity (Wildman–Crippen MR) is 158 cm³/mol. The average Bonchev–Trinajstić information content (AvgIpc) is 3.08. The summed E-state index contributed by atoms with van der Waals surface area (Å²) < 4.78 is 3.59. The topological polar surface area (TPSA) is 0 Å². The molecule has 2 aliphatic carbocycles. The van der Waals surface area contributed by atoms with Gasteiger partial charge in [0, 0.05) is 0 Å². The molecule has 0 aliphatic heterocycles. The molecule has 2 aliphatic rings. The van der Waals surface area contributed by atoms with E-state index in [0.717, 1.165) is 22.6 Å². The van der Waals surface area contributed by atoms with Gasteiger partial charge in [0.25, 0.3) is 0 Å². The first-order valence-corrected chi connectivity index (χ1v) is 18.6. The van der Waals surface area contributed by atoms with Crippen LogP contribution in [-0.4, -0.2) is 35.0 Å². The summed E-state index contributed by atoms with van der Waals surface area (Å²) in [5.41, 5.74) is 13.6. The Morgan fingerprint density at radius 3 is 1.65 bits per heavy atom. The van der Waals surface area contributed by atoms with Crippen molar-refractivity contribution >= 4 is 15.8 Å². The summed E-state index contributed by atoms with van der Waals surface area (Å²) in [6, 6.07) is 0. The molecule has 0 fully saturated rings. The monoisotopic (exact) mass is 590 g/mol. The summed E-state index contributed by atoms with van der Waals surface area (Å²) in [4.78, 5) is 0. The van der Waals surface area contributed by atoms with Crippen LogP contribution in [0.2, 0.25) is 0 Å². The third kappa shape index (κ3) is 6.65. The Balaban J connectivity index is 2.39. The van der Waals surface area contributed by atoms with E-state index in [-0.39, 0.29) is 38.4 Å². The molecule has 0 radical (unpaired) electrons. The van der Waals surface area contributed by atoms with Gasteiger partial charge in [-0.05, 0) is 0 Å². The van der Waals surface area contributed by atoms with Crippen LogP contribution in [0.25, 0.3) is 0 Å². The first-order valence-electron chi connectivity index (χ1n) is 13.6. The van der Waals surface area contributed by atoms with Gasteiger partial charge in [-0.25, -0.2) is 0 Å². The van der Waals surface area contributed by atoms with E-state index in [0.29, 0.717) is 0 Å². The molecule has 0 aromatic rings. The van der Waals surface area contributed by atoms with Crippen LogP contribution >= 0.6 is 15.8 Å². The molecule has 0 aromatic carbocycles. The molecule has 0 N–H and O–H groups in total. The number of allylic oxidation sites excluding steroid dienone is 8. The Kier molecular flexibility index (Phi) is 11.1. The van der Waals surface area contributed by atoms with Gasteiger partial charge >= 0.3 is 225 Å². The molecule has 0 nitrogen and oxygen atoms in total. The molecule has 3 heteroatoms. The Hall–Kier alpha value is 0.443. The van der Waals surface area contributed by atoms with Gasteiger partial charge in [-0.1, -0.05) is 0 Å². The van der Waals surface area contributed by atoms with Gasteiger partial charge in [0.15, 0.2) is 0 Å². The van der Waals surface area contributed by atoms with Gasteiger partial charge in [-0.15, -0.1) is 0 Å². The fraction of sp³-hybridized carbons (Fsp3) is 0.742. The maximum absolute atomic E-state index is 2.50. The van der Waals surface area contributed by atoms with Crippen molar-refractivity contribution in [2.45, 2.75) is 132 Å². The zero-order valence-electron chi connectivity index (χ0n) is 24.9. The minimum atomic E-state index is 0.0327. The van der Waals surface area contributed by atoms with Gasteiger partial charge in [0.05, 0.1) is 0 Å². The molecule has 0 heterocycles. The molecule has 0 atom stereocenters. The molecule has 34 heavy (non-hydrogen) atoms. The standard InChI is InChI=1S/C21H39P2.C10H15.Ru/c1-15(2)22(16(3)4)13-12-20-11-10-19(9)21(20)14-23(17(5)6)18(7)8;1-7-6-10(4,5)9(3)8(7)2;/h15-18H,11-14H2,1-9H3;1-5H3;. The second-order valence-electron chi connectivity index (χ2n) is 12.2. The van der Waals surface area contributed by atoms with Crippen LogP contribution in [0, 0.1) is 5.41 Å². The van der Waals surface area contributed by atoms with Crippen molar-refractivity contribution in [1.82, 2.24) is 0 Å². The summed E-state index contributed by atoms with van der Waals surface area (Å²) in [7, 11) is 0.142. The van der Waals surface area contributed by atoms with Crippen LogP contribution in [0.5, 0.6) is 0 Å². The fourth-order valence-electron chi connectivity index (χ4n) is 5.76. The van der Waals surface area contributed by atoms with Gasteiger partial charge in [-0.3, -0.25) is 0 Å². The summed E-state index contributed by atoms with van der Waals surface area (Å²) in [6.07, 6.45) is 5.41. The molecule has 0 bridgehead atoms. The Morgan fingerprint density at radius 2 is 1.24 bits per heavy atom. The summed E-state index contributed by atoms with van der Waals surface area (Å²) in [6.45, 7) is 34.3. The van der Waals surface area contributed by atoms with E-state index in [1.54, 1.807) is 32.0 Å². The van der Waals surface area contributed by atoms with Crippen LogP contribution in [0.3, 0.4) is 0 Å². The molecule has 2 rings (SSSR count). The van der Waals surface area contributed by atoms with Crippen LogP contribution in [0.4, 0.5) is 0 Å². The summed E-state index contributed by atoms with van der Waals surface area (Å²) in [5, 5.41) is 0. The summed E-state index contributed by atoms with van der Waals surface area (Å²) in [5.74, 6) is 0. The van der Waals surface area contributed by atoms with Crippen LogP contribution in [-0.2, 0) is 17.1 Å². The maximum atomic E-state index is 2.50. The van der Waals surface area contributed by atoms with Crippen molar-refractivity contribution in [3.63, 3.8) is 0 Å². The Labute approximate surface area is 224 Å². The Morgan fingerprint density at radius 1 is 0.735 bits per heavy atom. The van der Waals surface area contributed by atoms with E-state index in [1.807, 2.05) is 9.74 Å². The Bertz CT molecular complexity index is 861. The molecular weight excluding hydrogens is 535 g/mol. The van der Waals surface area contributed by atoms with Crippen LogP contribution < -0.4 is 0 Å². The SMILES string of the molecule is CC1=[C]([Ru][C]2=C(C)C(C)=C(C)C2(C)C)CC(CCP(C(C)C)C(C)C)=C1CP(C(C)C)C(C)C. The zero-order chi connectivity index (χ0) is 26.1. The molecule has 0 saturated heterocycles. The number of rotatable bonds is 11. The van der Waals surface area contributed by atoms with E-state index in [9.17, 15) is 0 Å². The van der Waals surface area contributed by atoms with E-state index in [1.165, 1.54) is 25.2 Å². The second-order valence-corrected chi connectivity index (χ2v) is 21.5. The first kappa shape index (κ1) is 30.7. The molecular formula is C31H54P2Ru. The quantitative estimate of drug-likeness (QED) is 0.166. The molecule has 196 valence electrons. The normalized spacial score (nSPS) is 19.5. The minimum absolute atomic E-state index is 0.0327. The van der Waals surface area contributed by atoms with Crippen molar-refractivity contribution in [2.24, 2.45) is 5.41 Å². The fourth-order valence-corrected chi connectivity index (χ4v) is 14.4. The molecule has 0 aromatic heterocycles. The number of hydrogen-bond donors (Lipinski definition) is 0. The second kappa shape index (κ2) is 12.3. The third-order valence-corrected chi connectivity index (χ3v) is 18.8. The molecule has 0 unspecified atom stereocenters. The van der Waals surface area contributed by atoms with Gasteiger partial charge in [0.2, 0.25) is 0 Å². The molecule has 0 saturated carbocycles. The van der Waals surface area contributed by atoms with E-state index >= 15 is 0 Å². The van der Waals surface area contributed by atoms with E-state index in [4.69, 9.17) is 0 Å². The van der Waals surface area contributed by atoms with Crippen molar-refractivity contribution in [3.8, 4) is 0 Å². The van der Waals surface area contributed by atoms with E-state index < -0.39 is 0 Å². The van der Waals surface area contributed by atoms with Crippen molar-refractivity contribution in [1.29, 1.82) is 0 Å². The van der Waals surface area contributed by atoms with Crippen molar-refractivity contribution < 1.29 is 17.1 Å². The number of hydrogen-bond acceptors (Lipinski definition) is 0. The molecule has 0 amide bonds. The molecule has 0 spiro atoms. The van der Waals surface area contributed by atoms with E-state index in [2.05, 4.69) is 96.9 Å². The van der Waals surface area contributed by atoms with Crippen molar-refractivity contribution in [3.05, 3.63) is 41.8 Å². The predicted octanol–water partition coefficient (Wildman–Crippen LogP) is 10.7. The summed E-state index contributed by atoms with van der Waals surface area (Å²) >= 11 is 0.146. The van der Waals surface area contributed by atoms with Gasteiger partial charge in [0.1, 0.15) is 0 Å². The van der Waals surface area contributed by atoms with Gasteiger partial charge in [-0.2, -0.15) is 0 Å². The van der Waals surface area contributed by atoms with Gasteiger partial charge < -0.3 is 0 Å². The third-order valence-electron chi connectivity index (χ3n) is 8.42. The van der Waals surface area contributed by atoms with Crippen molar-refractivity contribution in [2.75, 3.05) is 12.3 Å². The van der Waals surface area contributed by atoms with Crippen LogP contribution in [0.1, 0.15) is 110 Å². The first-order chi connectivity index (χ1) is 15.6. The van der Waals surface area contributed by atoms with Crippen LogP contribution in [0.15, 0.2) is 41.8 Å². The zero-order valence-corrected chi connectivity index (χ0v) is 28.4. The average molecular weight is 590 g/mol.